The van der Waals surface area contributed by atoms with Gasteiger partial charge in [0.25, 0.3) is 0 Å². The molecule has 1 aromatic carbocycles. The number of thioether (sulfide) groups is 1. The van der Waals surface area contributed by atoms with E-state index in [1.165, 1.54) is 6.92 Å². The zero-order chi connectivity index (χ0) is 18.7. The quantitative estimate of drug-likeness (QED) is 0.762. The summed E-state index contributed by atoms with van der Waals surface area (Å²) in [6, 6.07) is 2.68. The highest BCUT2D eigenvalue weighted by Gasteiger charge is 2.32. The van der Waals surface area contributed by atoms with Gasteiger partial charge in [0.05, 0.1) is 11.3 Å². The lowest BCUT2D eigenvalue weighted by atomic mass is 10.2. The van der Waals surface area contributed by atoms with Crippen molar-refractivity contribution >= 4 is 29.5 Å². The molecule has 1 atom stereocenters. The number of aliphatic carboxylic acids is 1. The highest BCUT2D eigenvalue weighted by molar-refractivity contribution is 8.00. The normalized spacial score (nSPS) is 13.3. The number of halogens is 3. The lowest BCUT2D eigenvalue weighted by Gasteiger charge is -2.21. The van der Waals surface area contributed by atoms with Crippen LogP contribution in [-0.4, -0.2) is 28.0 Å². The number of hydrogen-bond donors (Lipinski definition) is 2. The van der Waals surface area contributed by atoms with E-state index in [0.717, 1.165) is 18.2 Å². The average Bonchev–Trinajstić information content (AvgIpc) is 2.36. The number of carboxylic acid groups (broad SMARTS) is 1. The Bertz CT molecular complexity index is 626. The summed E-state index contributed by atoms with van der Waals surface area (Å²) >= 11 is 0.699. The van der Waals surface area contributed by atoms with Crippen LogP contribution in [0.4, 0.5) is 23.7 Å². The summed E-state index contributed by atoms with van der Waals surface area (Å²) in [4.78, 5) is 22.7. The number of anilines is 1. The maximum Gasteiger partial charge on any atom is 0.416 e. The molecule has 0 bridgehead atoms. The summed E-state index contributed by atoms with van der Waals surface area (Å²) in [6.45, 7) is 6.26. The molecule has 0 saturated carbocycles. The van der Waals surface area contributed by atoms with Crippen molar-refractivity contribution in [2.45, 2.75) is 49.6 Å². The Balaban J connectivity index is 3.13. The Morgan fingerprint density at radius 2 is 1.83 bits per heavy atom. The largest absolute Gasteiger partial charge is 0.480 e. The molecule has 0 spiro atoms. The van der Waals surface area contributed by atoms with Gasteiger partial charge in [-0.1, -0.05) is 0 Å². The zero-order valence-electron chi connectivity index (χ0n) is 13.5. The highest BCUT2D eigenvalue weighted by Crippen LogP contribution is 2.37. The van der Waals surface area contributed by atoms with E-state index in [4.69, 9.17) is 9.84 Å². The van der Waals surface area contributed by atoms with Crippen LogP contribution in [0.5, 0.6) is 0 Å². The lowest BCUT2D eigenvalue weighted by Crippen LogP contribution is -2.27. The van der Waals surface area contributed by atoms with Gasteiger partial charge in [0.15, 0.2) is 0 Å². The van der Waals surface area contributed by atoms with Gasteiger partial charge in [-0.2, -0.15) is 13.2 Å². The summed E-state index contributed by atoms with van der Waals surface area (Å²) in [6.07, 6.45) is -5.42. The first-order chi connectivity index (χ1) is 10.8. The number of carboxylic acids is 1. The summed E-state index contributed by atoms with van der Waals surface area (Å²) in [5.41, 5.74) is -1.66. The number of amides is 1. The summed E-state index contributed by atoms with van der Waals surface area (Å²) in [5.74, 6) is -1.18. The number of nitrogens with one attached hydrogen (secondary N) is 1. The molecule has 5 nitrogen and oxygen atoms in total. The van der Waals surface area contributed by atoms with Crippen molar-refractivity contribution in [1.29, 1.82) is 0 Å². The van der Waals surface area contributed by atoms with E-state index in [0.29, 0.717) is 11.8 Å². The van der Waals surface area contributed by atoms with Crippen LogP contribution in [0.25, 0.3) is 0 Å². The van der Waals surface area contributed by atoms with Crippen LogP contribution in [0.3, 0.4) is 0 Å². The fraction of sp³-hybridized carbons (Fsp3) is 0.467. The second kappa shape index (κ2) is 7.33. The van der Waals surface area contributed by atoms with Gasteiger partial charge in [0, 0.05) is 4.90 Å². The molecule has 0 saturated heterocycles. The molecular formula is C15H18F3NO4S. The van der Waals surface area contributed by atoms with E-state index in [9.17, 15) is 22.8 Å². The van der Waals surface area contributed by atoms with E-state index in [1.54, 1.807) is 20.8 Å². The fourth-order valence-corrected chi connectivity index (χ4v) is 2.48. The van der Waals surface area contributed by atoms with Crippen molar-refractivity contribution in [1.82, 2.24) is 0 Å². The van der Waals surface area contributed by atoms with Gasteiger partial charge in [-0.15, -0.1) is 11.8 Å². The van der Waals surface area contributed by atoms with E-state index >= 15 is 0 Å². The molecule has 2 N–H and O–H groups in total. The van der Waals surface area contributed by atoms with Crippen molar-refractivity contribution in [3.05, 3.63) is 23.8 Å². The molecule has 0 aliphatic carbocycles. The van der Waals surface area contributed by atoms with E-state index in [2.05, 4.69) is 5.32 Å². The van der Waals surface area contributed by atoms with Gasteiger partial charge in [-0.3, -0.25) is 10.1 Å². The molecule has 1 amide bonds. The lowest BCUT2D eigenvalue weighted by molar-refractivity contribution is -0.138. The SMILES string of the molecule is C[C@H](Sc1cc(C(F)(F)F)ccc1NC(=O)OC(C)(C)C)C(=O)O. The second-order valence-corrected chi connectivity index (χ2v) is 7.32. The van der Waals surface area contributed by atoms with Crippen LogP contribution < -0.4 is 5.32 Å². The summed E-state index contributed by atoms with van der Waals surface area (Å²) in [5, 5.41) is 10.3. The number of rotatable bonds is 4. The predicted molar refractivity (Wildman–Crippen MR) is 84.3 cm³/mol. The maximum absolute atomic E-state index is 12.8. The second-order valence-electron chi connectivity index (χ2n) is 5.93. The van der Waals surface area contributed by atoms with Crippen molar-refractivity contribution in [3.8, 4) is 0 Å². The minimum Gasteiger partial charge on any atom is -0.480 e. The Kier molecular flexibility index (Phi) is 6.15. The zero-order valence-corrected chi connectivity index (χ0v) is 14.3. The minimum absolute atomic E-state index is 0.00872. The van der Waals surface area contributed by atoms with Crippen LogP contribution in [0, 0.1) is 0 Å². The summed E-state index contributed by atoms with van der Waals surface area (Å²) < 4.78 is 43.6. The highest BCUT2D eigenvalue weighted by atomic mass is 32.2. The molecule has 9 heteroatoms. The van der Waals surface area contributed by atoms with Gasteiger partial charge in [0.1, 0.15) is 10.9 Å². The molecule has 134 valence electrons. The van der Waals surface area contributed by atoms with Crippen molar-refractivity contribution in [2.75, 3.05) is 5.32 Å². The smallest absolute Gasteiger partial charge is 0.416 e. The third-order valence-corrected chi connectivity index (χ3v) is 3.74. The molecule has 0 aliphatic rings. The fourth-order valence-electron chi connectivity index (χ4n) is 1.55. The predicted octanol–water partition coefficient (Wildman–Crippen LogP) is 4.62. The molecule has 0 heterocycles. The molecule has 0 aromatic heterocycles. The molecule has 1 rings (SSSR count). The topological polar surface area (TPSA) is 75.6 Å². The van der Waals surface area contributed by atoms with E-state index < -0.39 is 34.7 Å². The molecular weight excluding hydrogens is 347 g/mol. The van der Waals surface area contributed by atoms with Gasteiger partial charge >= 0.3 is 18.2 Å². The van der Waals surface area contributed by atoms with Crippen molar-refractivity contribution < 1.29 is 32.6 Å². The molecule has 0 unspecified atom stereocenters. The monoisotopic (exact) mass is 365 g/mol. The number of benzene rings is 1. The van der Waals surface area contributed by atoms with Crippen LogP contribution in [0.2, 0.25) is 0 Å². The molecule has 0 fully saturated rings. The van der Waals surface area contributed by atoms with Crippen LogP contribution in [0.1, 0.15) is 33.3 Å². The third-order valence-electron chi connectivity index (χ3n) is 2.60. The van der Waals surface area contributed by atoms with Crippen LogP contribution in [-0.2, 0) is 15.7 Å². The first kappa shape index (κ1) is 20.1. The first-order valence-electron chi connectivity index (χ1n) is 6.90. The maximum atomic E-state index is 12.8. The first-order valence-corrected chi connectivity index (χ1v) is 7.78. The molecule has 0 aliphatic heterocycles. The van der Waals surface area contributed by atoms with Crippen LogP contribution in [0.15, 0.2) is 23.1 Å². The number of alkyl halides is 3. The van der Waals surface area contributed by atoms with Gasteiger partial charge in [0.2, 0.25) is 0 Å². The molecule has 24 heavy (non-hydrogen) atoms. The Labute approximate surface area is 141 Å². The number of ether oxygens (including phenoxy) is 1. The van der Waals surface area contributed by atoms with E-state index in [1.807, 2.05) is 0 Å². The van der Waals surface area contributed by atoms with Gasteiger partial charge in [-0.05, 0) is 45.9 Å². The molecule has 0 radical (unpaired) electrons. The standard InChI is InChI=1S/C15H18F3NO4S/c1-8(12(20)21)24-11-7-9(15(16,17)18)5-6-10(11)19-13(22)23-14(2,3)4/h5-8H,1-4H3,(H,19,22)(H,20,21)/t8-/m0/s1. The minimum atomic E-state index is -4.58. The molecule has 1 aromatic rings. The third kappa shape index (κ3) is 6.31. The van der Waals surface area contributed by atoms with Gasteiger partial charge < -0.3 is 9.84 Å². The van der Waals surface area contributed by atoms with Crippen LogP contribution >= 0.6 is 11.8 Å². The number of hydrogen-bond acceptors (Lipinski definition) is 4. The Morgan fingerprint density at radius 3 is 2.29 bits per heavy atom. The number of carbonyl (C=O) groups is 2. The van der Waals surface area contributed by atoms with Gasteiger partial charge in [-0.25, -0.2) is 4.79 Å². The summed E-state index contributed by atoms with van der Waals surface area (Å²) in [7, 11) is 0. The number of carbonyl (C=O) groups excluding carboxylic acids is 1. The van der Waals surface area contributed by atoms with E-state index in [-0.39, 0.29) is 10.6 Å². The Morgan fingerprint density at radius 1 is 1.25 bits per heavy atom. The van der Waals surface area contributed by atoms with Crippen molar-refractivity contribution in [2.24, 2.45) is 0 Å². The average molecular weight is 365 g/mol. The van der Waals surface area contributed by atoms with Crippen molar-refractivity contribution in [3.63, 3.8) is 0 Å². The Hall–Kier alpha value is -1.90.